The van der Waals surface area contributed by atoms with Crippen molar-refractivity contribution in [1.29, 1.82) is 0 Å². The van der Waals surface area contributed by atoms with E-state index in [1.165, 1.54) is 7.11 Å². The van der Waals surface area contributed by atoms with Crippen LogP contribution in [-0.2, 0) is 4.74 Å². The van der Waals surface area contributed by atoms with Gasteiger partial charge in [0.05, 0.1) is 19.6 Å². The Morgan fingerprint density at radius 1 is 1.78 bits per heavy atom. The molecule has 0 aliphatic carbocycles. The van der Waals surface area contributed by atoms with E-state index in [9.17, 15) is 0 Å². The SMILES string of the molecule is COC(CC(C)O)=NO. The van der Waals surface area contributed by atoms with Crippen LogP contribution in [0, 0.1) is 0 Å². The summed E-state index contributed by atoms with van der Waals surface area (Å²) >= 11 is 0. The molecule has 0 spiro atoms. The van der Waals surface area contributed by atoms with Crippen LogP contribution in [0.1, 0.15) is 13.3 Å². The second kappa shape index (κ2) is 4.14. The summed E-state index contributed by atoms with van der Waals surface area (Å²) in [6.07, 6.45) is -0.289. The van der Waals surface area contributed by atoms with Gasteiger partial charge in [-0.25, -0.2) is 0 Å². The van der Waals surface area contributed by atoms with Gasteiger partial charge in [0.1, 0.15) is 0 Å². The summed E-state index contributed by atoms with van der Waals surface area (Å²) in [6, 6.07) is 0. The topological polar surface area (TPSA) is 62.0 Å². The van der Waals surface area contributed by atoms with Crippen LogP contribution in [0.4, 0.5) is 0 Å². The highest BCUT2D eigenvalue weighted by atomic mass is 16.5. The van der Waals surface area contributed by atoms with Gasteiger partial charge in [0.25, 0.3) is 0 Å². The summed E-state index contributed by atoms with van der Waals surface area (Å²) in [5, 5.41) is 19.6. The van der Waals surface area contributed by atoms with Gasteiger partial charge in [0, 0.05) is 0 Å². The van der Waals surface area contributed by atoms with Crippen LogP contribution in [0.15, 0.2) is 5.16 Å². The molecule has 0 aromatic heterocycles. The van der Waals surface area contributed by atoms with Crippen LogP contribution in [-0.4, -0.2) is 29.4 Å². The highest BCUT2D eigenvalue weighted by Crippen LogP contribution is 1.92. The van der Waals surface area contributed by atoms with E-state index in [4.69, 9.17) is 10.3 Å². The summed E-state index contributed by atoms with van der Waals surface area (Å²) in [4.78, 5) is 0. The van der Waals surface area contributed by atoms with Gasteiger partial charge in [-0.15, -0.1) is 0 Å². The third-order valence-electron chi connectivity index (χ3n) is 0.817. The quantitative estimate of drug-likeness (QED) is 0.244. The Morgan fingerprint density at radius 3 is 2.44 bits per heavy atom. The van der Waals surface area contributed by atoms with Crippen LogP contribution in [0.25, 0.3) is 0 Å². The van der Waals surface area contributed by atoms with Crippen LogP contribution in [0.5, 0.6) is 0 Å². The molecule has 0 aliphatic rings. The molecule has 0 amide bonds. The van der Waals surface area contributed by atoms with Gasteiger partial charge in [-0.1, -0.05) is 5.16 Å². The fourth-order valence-electron chi connectivity index (χ4n) is 0.418. The first-order chi connectivity index (χ1) is 4.20. The summed E-state index contributed by atoms with van der Waals surface area (Å²) in [6.45, 7) is 1.59. The molecule has 2 N–H and O–H groups in total. The molecule has 0 heterocycles. The normalized spacial score (nSPS) is 15.2. The number of nitrogens with zero attached hydrogens (tertiary/aromatic N) is 1. The number of aliphatic hydroxyl groups is 1. The highest BCUT2D eigenvalue weighted by molar-refractivity contribution is 5.75. The maximum absolute atomic E-state index is 8.71. The zero-order chi connectivity index (χ0) is 7.28. The molecule has 4 nitrogen and oxygen atoms in total. The third-order valence-corrected chi connectivity index (χ3v) is 0.817. The lowest BCUT2D eigenvalue weighted by Crippen LogP contribution is -2.10. The van der Waals surface area contributed by atoms with E-state index in [2.05, 4.69) is 9.89 Å². The summed E-state index contributed by atoms with van der Waals surface area (Å²) in [5.41, 5.74) is 0. The third kappa shape index (κ3) is 3.78. The average molecular weight is 133 g/mol. The van der Waals surface area contributed by atoms with Crippen LogP contribution < -0.4 is 0 Å². The Bertz CT molecular complexity index is 100. The van der Waals surface area contributed by atoms with E-state index in [0.717, 1.165) is 0 Å². The van der Waals surface area contributed by atoms with E-state index in [0.29, 0.717) is 0 Å². The molecule has 1 atom stereocenters. The molecule has 1 unspecified atom stereocenters. The van der Waals surface area contributed by atoms with Crippen LogP contribution in [0.2, 0.25) is 0 Å². The van der Waals surface area contributed by atoms with Crippen molar-refractivity contribution in [2.24, 2.45) is 5.16 Å². The Hall–Kier alpha value is -0.770. The predicted molar refractivity (Wildman–Crippen MR) is 32.5 cm³/mol. The minimum absolute atomic E-state index is 0.144. The van der Waals surface area contributed by atoms with Gasteiger partial charge in [-0.05, 0) is 6.92 Å². The standard InChI is InChI=1S/C5H11NO3/c1-4(7)3-5(6-8)9-2/h4,7-8H,3H2,1-2H3. The van der Waals surface area contributed by atoms with Gasteiger partial charge >= 0.3 is 0 Å². The number of methoxy groups -OCH3 is 1. The van der Waals surface area contributed by atoms with E-state index in [1.807, 2.05) is 0 Å². The predicted octanol–water partition coefficient (Wildman–Crippen LogP) is 0.191. The molecule has 0 rings (SSSR count). The lowest BCUT2D eigenvalue weighted by Gasteiger charge is -2.03. The van der Waals surface area contributed by atoms with Crippen molar-refractivity contribution < 1.29 is 15.1 Å². The number of rotatable bonds is 2. The Labute approximate surface area is 53.8 Å². The molecular weight excluding hydrogens is 122 g/mol. The molecule has 0 bridgehead atoms. The minimum Gasteiger partial charge on any atom is -0.482 e. The van der Waals surface area contributed by atoms with Gasteiger partial charge in [0.15, 0.2) is 0 Å². The maximum atomic E-state index is 8.71. The average Bonchev–Trinajstić information content (AvgIpc) is 1.82. The van der Waals surface area contributed by atoms with E-state index in [-0.39, 0.29) is 12.3 Å². The fourth-order valence-corrected chi connectivity index (χ4v) is 0.418. The van der Waals surface area contributed by atoms with Crippen LogP contribution in [0.3, 0.4) is 0 Å². The molecule has 0 aliphatic heterocycles. The minimum atomic E-state index is -0.532. The number of ether oxygens (including phenoxy) is 1. The number of hydrogen-bond acceptors (Lipinski definition) is 4. The van der Waals surface area contributed by atoms with Gasteiger partial charge in [0.2, 0.25) is 5.90 Å². The van der Waals surface area contributed by atoms with Gasteiger partial charge < -0.3 is 15.1 Å². The molecule has 0 fully saturated rings. The zero-order valence-electron chi connectivity index (χ0n) is 5.53. The first-order valence-electron chi connectivity index (χ1n) is 2.63. The molecule has 4 heteroatoms. The zero-order valence-corrected chi connectivity index (χ0v) is 5.53. The van der Waals surface area contributed by atoms with E-state index < -0.39 is 6.10 Å². The Kier molecular flexibility index (Phi) is 3.79. The fraction of sp³-hybridized carbons (Fsp3) is 0.800. The molecule has 54 valence electrons. The van der Waals surface area contributed by atoms with E-state index in [1.54, 1.807) is 6.92 Å². The second-order valence-electron chi connectivity index (χ2n) is 1.75. The van der Waals surface area contributed by atoms with Crippen molar-refractivity contribution >= 4 is 5.90 Å². The molecule has 0 aromatic carbocycles. The maximum Gasteiger partial charge on any atom is 0.227 e. The van der Waals surface area contributed by atoms with Gasteiger partial charge in [-0.3, -0.25) is 0 Å². The number of aliphatic hydroxyl groups excluding tert-OH is 1. The number of oxime groups is 1. The summed E-state index contributed by atoms with van der Waals surface area (Å²) in [5.74, 6) is 0.144. The molecule has 9 heavy (non-hydrogen) atoms. The van der Waals surface area contributed by atoms with Crippen molar-refractivity contribution in [2.75, 3.05) is 7.11 Å². The Balaban J connectivity index is 3.58. The molecular formula is C5H11NO3. The molecule has 0 saturated carbocycles. The first kappa shape index (κ1) is 8.23. The smallest absolute Gasteiger partial charge is 0.227 e. The summed E-state index contributed by atoms with van der Waals surface area (Å²) < 4.78 is 4.55. The second-order valence-corrected chi connectivity index (χ2v) is 1.75. The van der Waals surface area contributed by atoms with Crippen molar-refractivity contribution in [3.8, 4) is 0 Å². The van der Waals surface area contributed by atoms with E-state index >= 15 is 0 Å². The Morgan fingerprint density at radius 2 is 2.33 bits per heavy atom. The lowest BCUT2D eigenvalue weighted by molar-refractivity contribution is 0.188. The lowest BCUT2D eigenvalue weighted by atomic mass is 10.3. The largest absolute Gasteiger partial charge is 0.482 e. The first-order valence-corrected chi connectivity index (χ1v) is 2.63. The van der Waals surface area contributed by atoms with Crippen molar-refractivity contribution in [3.63, 3.8) is 0 Å². The number of hydrogen-bond donors (Lipinski definition) is 2. The van der Waals surface area contributed by atoms with Crippen molar-refractivity contribution in [1.82, 2.24) is 0 Å². The molecule has 0 radical (unpaired) electrons. The monoisotopic (exact) mass is 133 g/mol. The highest BCUT2D eigenvalue weighted by Gasteiger charge is 2.02. The van der Waals surface area contributed by atoms with Crippen molar-refractivity contribution in [2.45, 2.75) is 19.4 Å². The van der Waals surface area contributed by atoms with Crippen LogP contribution >= 0.6 is 0 Å². The van der Waals surface area contributed by atoms with Gasteiger partial charge in [-0.2, -0.15) is 0 Å². The molecule has 0 aromatic rings. The van der Waals surface area contributed by atoms with Crippen molar-refractivity contribution in [3.05, 3.63) is 0 Å². The summed E-state index contributed by atoms with van der Waals surface area (Å²) in [7, 11) is 1.39. The molecule has 0 saturated heterocycles.